The first-order chi connectivity index (χ1) is 24.4. The molecule has 45 heavy (non-hydrogen) atoms. The van der Waals surface area contributed by atoms with Crippen LogP contribution in [0.3, 0.4) is 0 Å². The Hall–Kier alpha value is -5.92. The third-order valence-corrected chi connectivity index (χ3v) is 8.73. The molecule has 0 radical (unpaired) electrons. The van der Waals surface area contributed by atoms with E-state index in [0.29, 0.717) is 16.7 Å². The van der Waals surface area contributed by atoms with E-state index in [1.807, 2.05) is 48.5 Å². The smallest absolute Gasteiger partial charge is 0.143 e. The zero-order valence-corrected chi connectivity index (χ0v) is 24.2. The lowest BCUT2D eigenvalue weighted by Crippen LogP contribution is -1.92. The SMILES string of the molecule is [2H]c1c([2H])c([2H])c(-c2cc(-c3c4ccccc4c(-c4cccc(-c5ccccc5)c4)c4ccccc34)cc3c2oc2ccccc23)c([2H])c1[2H]. The maximum absolute atomic E-state index is 8.91. The van der Waals surface area contributed by atoms with E-state index in [-0.39, 0.29) is 29.7 Å². The Bertz CT molecular complexity index is 2730. The third kappa shape index (κ3) is 4.17. The molecule has 0 N–H and O–H groups in total. The molecule has 1 heterocycles. The number of furan rings is 1. The summed E-state index contributed by atoms with van der Waals surface area (Å²) in [6.07, 6.45) is 0. The fourth-order valence-corrected chi connectivity index (χ4v) is 6.78. The van der Waals surface area contributed by atoms with Crippen LogP contribution in [0.4, 0.5) is 0 Å². The molecule has 0 fully saturated rings. The molecule has 0 spiro atoms. The second-order valence-electron chi connectivity index (χ2n) is 11.3. The van der Waals surface area contributed by atoms with Gasteiger partial charge < -0.3 is 4.42 Å². The fraction of sp³-hybridized carbons (Fsp3) is 0. The molecule has 0 saturated carbocycles. The van der Waals surface area contributed by atoms with Gasteiger partial charge in [0.25, 0.3) is 0 Å². The summed E-state index contributed by atoms with van der Waals surface area (Å²) in [5.41, 5.74) is 8.13. The molecular formula is C44H28O. The molecular weight excluding hydrogens is 544 g/mol. The lowest BCUT2D eigenvalue weighted by atomic mass is 9.84. The van der Waals surface area contributed by atoms with Gasteiger partial charge in [0, 0.05) is 16.3 Å². The van der Waals surface area contributed by atoms with Crippen molar-refractivity contribution in [1.82, 2.24) is 0 Å². The zero-order valence-electron chi connectivity index (χ0n) is 29.2. The minimum Gasteiger partial charge on any atom is -0.455 e. The van der Waals surface area contributed by atoms with Gasteiger partial charge in [-0.1, -0.05) is 145 Å². The van der Waals surface area contributed by atoms with Crippen molar-refractivity contribution in [1.29, 1.82) is 0 Å². The molecule has 1 aromatic heterocycles. The lowest BCUT2D eigenvalue weighted by Gasteiger charge is -2.19. The lowest BCUT2D eigenvalue weighted by molar-refractivity contribution is 0.670. The molecule has 8 aromatic carbocycles. The first kappa shape index (κ1) is 20.9. The van der Waals surface area contributed by atoms with Crippen molar-refractivity contribution in [3.63, 3.8) is 0 Å². The first-order valence-electron chi connectivity index (χ1n) is 17.5. The van der Waals surface area contributed by atoms with E-state index in [9.17, 15) is 0 Å². The first-order valence-corrected chi connectivity index (χ1v) is 15.0. The summed E-state index contributed by atoms with van der Waals surface area (Å²) in [5, 5.41) is 5.98. The molecule has 0 saturated heterocycles. The van der Waals surface area contributed by atoms with Crippen LogP contribution in [-0.2, 0) is 0 Å². The van der Waals surface area contributed by atoms with Gasteiger partial charge in [-0.3, -0.25) is 0 Å². The molecule has 0 aliphatic rings. The number of rotatable bonds is 4. The summed E-state index contributed by atoms with van der Waals surface area (Å²) < 4.78 is 49.4. The molecule has 0 atom stereocenters. The number of benzene rings is 8. The topological polar surface area (TPSA) is 13.1 Å². The van der Waals surface area contributed by atoms with E-state index < -0.39 is 6.04 Å². The number of hydrogen-bond acceptors (Lipinski definition) is 1. The van der Waals surface area contributed by atoms with Crippen molar-refractivity contribution in [2.75, 3.05) is 0 Å². The molecule has 1 nitrogen and oxygen atoms in total. The number of hydrogen-bond donors (Lipinski definition) is 0. The van der Waals surface area contributed by atoms with E-state index in [1.165, 1.54) is 0 Å². The van der Waals surface area contributed by atoms with Crippen molar-refractivity contribution in [3.05, 3.63) is 170 Å². The predicted octanol–water partition coefficient (Wildman–Crippen LogP) is 12.6. The Labute approximate surface area is 268 Å². The molecule has 210 valence electrons. The highest BCUT2D eigenvalue weighted by Gasteiger charge is 2.20. The monoisotopic (exact) mass is 577 g/mol. The van der Waals surface area contributed by atoms with Crippen molar-refractivity contribution in [2.24, 2.45) is 0 Å². The zero-order chi connectivity index (χ0) is 34.1. The summed E-state index contributed by atoms with van der Waals surface area (Å²) in [6.45, 7) is 0. The second-order valence-corrected chi connectivity index (χ2v) is 11.3. The summed E-state index contributed by atoms with van der Waals surface area (Å²) in [7, 11) is 0. The highest BCUT2D eigenvalue weighted by atomic mass is 16.3. The van der Waals surface area contributed by atoms with Gasteiger partial charge in [0.15, 0.2) is 0 Å². The Morgan fingerprint density at radius 2 is 0.933 bits per heavy atom. The minimum absolute atomic E-state index is 0.116. The Morgan fingerprint density at radius 3 is 1.62 bits per heavy atom. The Morgan fingerprint density at radius 1 is 0.378 bits per heavy atom. The highest BCUT2D eigenvalue weighted by Crippen LogP contribution is 2.47. The molecule has 9 aromatic rings. The van der Waals surface area contributed by atoms with Crippen LogP contribution in [-0.4, -0.2) is 0 Å². The Balaban J connectivity index is 1.40. The van der Waals surface area contributed by atoms with Gasteiger partial charge in [0.1, 0.15) is 11.2 Å². The summed E-state index contributed by atoms with van der Waals surface area (Å²) in [6, 6.07) is 46.0. The molecule has 0 unspecified atom stereocenters. The predicted molar refractivity (Wildman–Crippen MR) is 190 cm³/mol. The van der Waals surface area contributed by atoms with Gasteiger partial charge in [0.2, 0.25) is 0 Å². The maximum atomic E-state index is 8.91. The van der Waals surface area contributed by atoms with E-state index in [1.54, 1.807) is 0 Å². The molecule has 0 amide bonds. The molecule has 1 heteroatoms. The fourth-order valence-electron chi connectivity index (χ4n) is 6.78. The van der Waals surface area contributed by atoms with Crippen LogP contribution in [0, 0.1) is 0 Å². The Kier molecular flexibility index (Phi) is 4.81. The normalized spacial score (nSPS) is 13.1. The van der Waals surface area contributed by atoms with Crippen LogP contribution in [0.5, 0.6) is 0 Å². The van der Waals surface area contributed by atoms with Gasteiger partial charge in [-0.25, -0.2) is 0 Å². The summed E-state index contributed by atoms with van der Waals surface area (Å²) in [5.74, 6) is 0. The number of para-hydroxylation sites is 1. The van der Waals surface area contributed by atoms with Crippen molar-refractivity contribution in [3.8, 4) is 44.5 Å². The van der Waals surface area contributed by atoms with Crippen LogP contribution < -0.4 is 0 Å². The van der Waals surface area contributed by atoms with Gasteiger partial charge in [0.05, 0.1) is 6.85 Å². The van der Waals surface area contributed by atoms with E-state index in [2.05, 4.69) is 91.0 Å². The van der Waals surface area contributed by atoms with Gasteiger partial charge in [-0.15, -0.1) is 0 Å². The van der Waals surface area contributed by atoms with Crippen molar-refractivity contribution < 1.29 is 11.3 Å². The average molecular weight is 578 g/mol. The minimum atomic E-state index is -0.426. The quantitative estimate of drug-likeness (QED) is 0.190. The molecule has 9 rings (SSSR count). The molecule has 0 aliphatic heterocycles. The van der Waals surface area contributed by atoms with Crippen LogP contribution in [0.1, 0.15) is 6.85 Å². The summed E-state index contributed by atoms with van der Waals surface area (Å²) >= 11 is 0. The maximum Gasteiger partial charge on any atom is 0.143 e. The summed E-state index contributed by atoms with van der Waals surface area (Å²) in [4.78, 5) is 0. The average Bonchev–Trinajstić information content (AvgIpc) is 3.54. The van der Waals surface area contributed by atoms with Gasteiger partial charge in [-0.05, 0) is 84.8 Å². The second kappa shape index (κ2) is 10.4. The van der Waals surface area contributed by atoms with E-state index >= 15 is 0 Å². The van der Waals surface area contributed by atoms with Gasteiger partial charge >= 0.3 is 0 Å². The van der Waals surface area contributed by atoms with Crippen molar-refractivity contribution in [2.45, 2.75) is 0 Å². The van der Waals surface area contributed by atoms with Crippen molar-refractivity contribution >= 4 is 43.5 Å². The largest absolute Gasteiger partial charge is 0.455 e. The highest BCUT2D eigenvalue weighted by molar-refractivity contribution is 6.23. The molecule has 0 bridgehead atoms. The van der Waals surface area contributed by atoms with Crippen LogP contribution in [0.15, 0.2) is 174 Å². The number of fused-ring (bicyclic) bond motifs is 5. The van der Waals surface area contributed by atoms with E-state index in [4.69, 9.17) is 11.3 Å². The van der Waals surface area contributed by atoms with Gasteiger partial charge in [-0.2, -0.15) is 0 Å². The standard InChI is InChI=1S/C44H28O/c1-3-14-29(15-4-1)31-18-13-19-32(26-31)42-35-21-7-9-23-37(35)43(38-24-10-8-22-36(38)42)33-27-39(30-16-5-2-6-17-30)44-40(28-33)34-20-11-12-25-41(34)45-44/h1-28H/i2D,5D,6D,16D,17D. The third-order valence-electron chi connectivity index (χ3n) is 8.73. The van der Waals surface area contributed by atoms with Crippen LogP contribution in [0.2, 0.25) is 0 Å². The van der Waals surface area contributed by atoms with Crippen LogP contribution in [0.25, 0.3) is 88.0 Å². The molecule has 0 aliphatic carbocycles. The van der Waals surface area contributed by atoms with E-state index in [0.717, 1.165) is 65.7 Å². The van der Waals surface area contributed by atoms with Crippen LogP contribution >= 0.6 is 0 Å².